The summed E-state index contributed by atoms with van der Waals surface area (Å²) in [7, 11) is -11.5. The van der Waals surface area contributed by atoms with E-state index in [0.29, 0.717) is 0 Å². The van der Waals surface area contributed by atoms with Gasteiger partial charge in [0.05, 0.1) is 0 Å². The zero-order valence-electron chi connectivity index (χ0n) is 44.9. The molecule has 9 heteroatoms. The van der Waals surface area contributed by atoms with Gasteiger partial charge in [-0.1, -0.05) is 364 Å². The maximum absolute atomic E-state index is 11.6. The molecule has 12 aromatic rings. The second-order valence-electron chi connectivity index (χ2n) is 19.2. The molecule has 0 amide bonds. The molecule has 0 saturated carbocycles. The van der Waals surface area contributed by atoms with Crippen molar-refractivity contribution < 1.29 is 45.4 Å². The molecule has 396 valence electrons. The third-order valence-electron chi connectivity index (χ3n) is 14.3. The Morgan fingerprint density at radius 2 is 0.185 bits per heavy atom. The first-order chi connectivity index (χ1) is 39.3. The van der Waals surface area contributed by atoms with Crippen LogP contribution < -0.4 is 62.2 Å². The molecule has 0 bridgehead atoms. The first-order valence-electron chi connectivity index (χ1n) is 26.8. The van der Waals surface area contributed by atoms with Gasteiger partial charge in [-0.15, -0.1) is 0 Å². The van der Waals surface area contributed by atoms with Crippen LogP contribution in [0.5, 0.6) is 0 Å². The number of rotatable bonds is 12. The summed E-state index contributed by atoms with van der Waals surface area (Å²) < 4.78 is 0. The van der Waals surface area contributed by atoms with E-state index in [1.807, 2.05) is 364 Å². The number of benzene rings is 12. The Bertz CT molecular complexity index is 2780. The van der Waals surface area contributed by atoms with Gasteiger partial charge in [-0.25, -0.2) is 0 Å². The summed E-state index contributed by atoms with van der Waals surface area (Å²) in [5.41, 5.74) is 0. The van der Waals surface area contributed by atoms with Crippen LogP contribution in [0.4, 0.5) is 0 Å². The Morgan fingerprint density at radius 3 is 0.247 bits per heavy atom. The predicted molar refractivity (Wildman–Crippen MR) is 345 cm³/mol. The molecule has 0 aliphatic heterocycles. The van der Waals surface area contributed by atoms with Crippen LogP contribution in [0.2, 0.25) is 0 Å². The van der Waals surface area contributed by atoms with Gasteiger partial charge in [-0.05, 0) is 62.2 Å². The third kappa shape index (κ3) is 13.9. The molecule has 4 N–H and O–H groups in total. The largest absolute Gasteiger partial charge is 0.421 e. The first-order valence-corrected chi connectivity index (χ1v) is 34.6. The van der Waals surface area contributed by atoms with E-state index in [0.717, 1.165) is 62.2 Å². The van der Waals surface area contributed by atoms with Gasteiger partial charge in [0.25, 0.3) is 33.3 Å². The van der Waals surface area contributed by atoms with Gasteiger partial charge in [0.1, 0.15) is 0 Å². The van der Waals surface area contributed by atoms with Crippen molar-refractivity contribution >= 4 is 95.5 Å². The smallest absolute Gasteiger partial charge is 0.285 e. The van der Waals surface area contributed by atoms with Gasteiger partial charge in [-0.3, -0.25) is 0 Å². The fourth-order valence-electron chi connectivity index (χ4n) is 10.2. The summed E-state index contributed by atoms with van der Waals surface area (Å²) in [6.07, 6.45) is 0. The van der Waals surface area contributed by atoms with E-state index in [-0.39, 0.29) is 26.2 Å². The maximum atomic E-state index is 11.6. The summed E-state index contributed by atoms with van der Waals surface area (Å²) in [5.74, 6) is 0. The Balaban J connectivity index is 0.000000141. The number of hydrogen-bond donors (Lipinski definition) is 4. The van der Waals surface area contributed by atoms with Crippen LogP contribution in [0.15, 0.2) is 364 Å². The number of hydrogen-bond acceptors (Lipinski definition) is 4. The minimum Gasteiger partial charge on any atom is -0.421 e. The average Bonchev–Trinajstić information content (AvgIpc) is 3.63. The van der Waals surface area contributed by atoms with Gasteiger partial charge < -0.3 is 19.2 Å². The minimum atomic E-state index is -2.88. The van der Waals surface area contributed by atoms with Crippen molar-refractivity contribution in [3.63, 3.8) is 0 Å². The van der Waals surface area contributed by atoms with Gasteiger partial charge in [0, 0.05) is 26.2 Å². The van der Waals surface area contributed by atoms with E-state index in [1.165, 1.54) is 0 Å². The Morgan fingerprint density at radius 1 is 0.123 bits per heavy atom. The molecule has 0 radical (unpaired) electrons. The van der Waals surface area contributed by atoms with Crippen molar-refractivity contribution in [3.8, 4) is 0 Å². The van der Waals surface area contributed by atoms with E-state index in [4.69, 9.17) is 0 Å². The molecule has 0 saturated heterocycles. The van der Waals surface area contributed by atoms with Crippen molar-refractivity contribution in [3.05, 3.63) is 364 Å². The Kier molecular flexibility index (Phi) is 21.3. The summed E-state index contributed by atoms with van der Waals surface area (Å²) >= 11 is 0. The van der Waals surface area contributed by atoms with Gasteiger partial charge in [0.15, 0.2) is 0 Å². The predicted octanol–water partition coefficient (Wildman–Crippen LogP) is 6.58. The molecular formula is C72H64O4Si4Zr. The molecule has 0 fully saturated rings. The van der Waals surface area contributed by atoms with Crippen LogP contribution in [-0.4, -0.2) is 52.5 Å². The summed E-state index contributed by atoms with van der Waals surface area (Å²) in [6.45, 7) is 0. The zero-order valence-corrected chi connectivity index (χ0v) is 51.4. The topological polar surface area (TPSA) is 80.9 Å². The molecule has 12 rings (SSSR count). The third-order valence-corrected chi connectivity index (χ3v) is 28.3. The molecule has 0 aliphatic carbocycles. The molecular weight excluding hydrogens is 1130 g/mol. The van der Waals surface area contributed by atoms with Crippen molar-refractivity contribution in [1.29, 1.82) is 0 Å². The Hall–Kier alpha value is -7.77. The van der Waals surface area contributed by atoms with Crippen LogP contribution in [0.25, 0.3) is 0 Å². The molecule has 0 aliphatic rings. The molecule has 0 aromatic heterocycles. The molecule has 0 unspecified atom stereocenters. The molecule has 0 atom stereocenters. The van der Waals surface area contributed by atoms with E-state index in [1.54, 1.807) is 0 Å². The first kappa shape index (κ1) is 59.4. The molecule has 81 heavy (non-hydrogen) atoms. The van der Waals surface area contributed by atoms with E-state index in [9.17, 15) is 19.2 Å². The van der Waals surface area contributed by atoms with Crippen LogP contribution in [0, 0.1) is 0 Å². The monoisotopic (exact) mass is 1190 g/mol. The fourth-order valence-corrected chi connectivity index (χ4v) is 22.3. The molecule has 0 heterocycles. The van der Waals surface area contributed by atoms with E-state index < -0.39 is 33.3 Å². The van der Waals surface area contributed by atoms with Gasteiger partial charge in [0.2, 0.25) is 0 Å². The fraction of sp³-hybridized carbons (Fsp3) is 0. The second kappa shape index (κ2) is 29.1. The maximum Gasteiger partial charge on any atom is 0.285 e. The molecule has 12 aromatic carbocycles. The van der Waals surface area contributed by atoms with Crippen LogP contribution >= 0.6 is 0 Å². The van der Waals surface area contributed by atoms with Crippen LogP contribution in [0.1, 0.15) is 0 Å². The summed E-state index contributed by atoms with van der Waals surface area (Å²) in [6, 6.07) is 120. The molecule has 0 spiro atoms. The zero-order chi connectivity index (χ0) is 55.4. The van der Waals surface area contributed by atoms with Gasteiger partial charge >= 0.3 is 0 Å². The van der Waals surface area contributed by atoms with Crippen molar-refractivity contribution in [2.75, 3.05) is 0 Å². The standard InChI is InChI=1S/4C18H16OSi.Zr/c4*19-20(16-10-4-1-5-11-16,17-12-6-2-7-13-17)18-14-8-3-9-15-18;/h4*1-15,19H;. The van der Waals surface area contributed by atoms with Gasteiger partial charge in [-0.2, -0.15) is 0 Å². The van der Waals surface area contributed by atoms with Crippen molar-refractivity contribution in [2.24, 2.45) is 0 Å². The van der Waals surface area contributed by atoms with Crippen molar-refractivity contribution in [1.82, 2.24) is 0 Å². The van der Waals surface area contributed by atoms with E-state index in [2.05, 4.69) is 0 Å². The van der Waals surface area contributed by atoms with Crippen molar-refractivity contribution in [2.45, 2.75) is 0 Å². The van der Waals surface area contributed by atoms with Crippen LogP contribution in [-0.2, 0) is 26.2 Å². The quantitative estimate of drug-likeness (QED) is 0.0825. The normalized spacial score (nSPS) is 11.1. The second-order valence-corrected chi connectivity index (χ2v) is 31.8. The molecule has 4 nitrogen and oxygen atoms in total. The summed E-state index contributed by atoms with van der Waals surface area (Å²) in [5, 5.41) is 12.1. The minimum absolute atomic E-state index is 0. The average molecular weight is 1200 g/mol. The van der Waals surface area contributed by atoms with E-state index >= 15 is 0 Å². The summed E-state index contributed by atoms with van der Waals surface area (Å²) in [4.78, 5) is 46.3. The van der Waals surface area contributed by atoms with Crippen LogP contribution in [0.3, 0.4) is 0 Å². The SMILES string of the molecule is O[Si](c1ccccc1)(c1ccccc1)c1ccccc1.O[Si](c1ccccc1)(c1ccccc1)c1ccccc1.O[Si](c1ccccc1)(c1ccccc1)c1ccccc1.O[Si](c1ccccc1)(c1ccccc1)c1ccccc1.[Zr]. The Labute approximate surface area is 501 Å².